The summed E-state index contributed by atoms with van der Waals surface area (Å²) in [6, 6.07) is 11.9. The van der Waals surface area contributed by atoms with Crippen molar-refractivity contribution in [2.75, 3.05) is 7.05 Å². The van der Waals surface area contributed by atoms with Gasteiger partial charge in [0, 0.05) is 54.1 Å². The largest absolute Gasteiger partial charge is 0.361 e. The Morgan fingerprint density at radius 3 is 2.87 bits per heavy atom. The first kappa shape index (κ1) is 15.3. The van der Waals surface area contributed by atoms with Crippen molar-refractivity contribution < 1.29 is 4.79 Å². The number of likely N-dealkylation sites (N-methyl/N-ethyl adjacent to an activating group) is 1. The first-order chi connectivity index (χ1) is 11.0. The molecule has 0 unspecified atom stereocenters. The predicted molar refractivity (Wildman–Crippen MR) is 92.5 cm³/mol. The average molecular weight is 307 g/mol. The number of carbonyl (C=O) groups is 1. The number of hydrogen-bond acceptors (Lipinski definition) is 2. The van der Waals surface area contributed by atoms with Gasteiger partial charge in [0.05, 0.1) is 0 Å². The molecule has 1 amide bonds. The van der Waals surface area contributed by atoms with Crippen molar-refractivity contribution in [1.29, 1.82) is 0 Å². The maximum absolute atomic E-state index is 12.7. The molecule has 2 heterocycles. The molecule has 4 heteroatoms. The molecule has 0 saturated heterocycles. The number of benzene rings is 1. The fourth-order valence-corrected chi connectivity index (χ4v) is 2.74. The number of amides is 1. The summed E-state index contributed by atoms with van der Waals surface area (Å²) in [6.45, 7) is 4.10. The molecular weight excluding hydrogens is 286 g/mol. The van der Waals surface area contributed by atoms with E-state index in [-0.39, 0.29) is 11.9 Å². The van der Waals surface area contributed by atoms with E-state index >= 15 is 0 Å². The summed E-state index contributed by atoms with van der Waals surface area (Å²) in [6.07, 6.45) is 4.45. The first-order valence-corrected chi connectivity index (χ1v) is 7.80. The van der Waals surface area contributed by atoms with Gasteiger partial charge < -0.3 is 9.88 Å². The van der Waals surface area contributed by atoms with Crippen LogP contribution in [-0.2, 0) is 6.42 Å². The number of aromatic amines is 1. The molecule has 1 atom stereocenters. The fraction of sp³-hybridized carbons (Fsp3) is 0.263. The Bertz CT molecular complexity index is 837. The number of fused-ring (bicyclic) bond motifs is 1. The molecule has 0 radical (unpaired) electrons. The minimum atomic E-state index is 0.0354. The number of H-pyrrole nitrogens is 1. The van der Waals surface area contributed by atoms with E-state index in [0.29, 0.717) is 5.56 Å². The predicted octanol–water partition coefficient (Wildman–Crippen LogP) is 3.57. The number of aromatic nitrogens is 2. The third kappa shape index (κ3) is 3.26. The third-order valence-electron chi connectivity index (χ3n) is 4.26. The van der Waals surface area contributed by atoms with Gasteiger partial charge in [0.2, 0.25) is 0 Å². The molecule has 1 N–H and O–H groups in total. The quantitative estimate of drug-likeness (QED) is 0.801. The van der Waals surface area contributed by atoms with Crippen LogP contribution in [0, 0.1) is 6.92 Å². The van der Waals surface area contributed by atoms with E-state index in [1.165, 1.54) is 5.56 Å². The second-order valence-electron chi connectivity index (χ2n) is 6.07. The minimum absolute atomic E-state index is 0.0354. The zero-order valence-electron chi connectivity index (χ0n) is 13.7. The first-order valence-electron chi connectivity index (χ1n) is 7.80. The van der Waals surface area contributed by atoms with Crippen molar-refractivity contribution in [1.82, 2.24) is 14.9 Å². The number of hydrogen-bond donors (Lipinski definition) is 1. The van der Waals surface area contributed by atoms with Gasteiger partial charge in [-0.25, -0.2) is 0 Å². The summed E-state index contributed by atoms with van der Waals surface area (Å²) in [5.74, 6) is 0.0354. The van der Waals surface area contributed by atoms with Gasteiger partial charge in [0.25, 0.3) is 5.91 Å². The molecule has 23 heavy (non-hydrogen) atoms. The van der Waals surface area contributed by atoms with Gasteiger partial charge in [-0.3, -0.25) is 9.78 Å². The molecule has 0 aliphatic carbocycles. The maximum atomic E-state index is 12.7. The van der Waals surface area contributed by atoms with Gasteiger partial charge in [-0.05, 0) is 55.8 Å². The summed E-state index contributed by atoms with van der Waals surface area (Å²) in [5, 5.41) is 1.05. The highest BCUT2D eigenvalue weighted by Crippen LogP contribution is 2.17. The monoisotopic (exact) mass is 307 g/mol. The summed E-state index contributed by atoms with van der Waals surface area (Å²) in [5.41, 5.74) is 3.96. The second-order valence-corrected chi connectivity index (χ2v) is 6.07. The van der Waals surface area contributed by atoms with Crippen molar-refractivity contribution in [3.8, 4) is 0 Å². The van der Waals surface area contributed by atoms with Gasteiger partial charge in [-0.2, -0.15) is 0 Å². The molecule has 3 aromatic rings. The summed E-state index contributed by atoms with van der Waals surface area (Å²) < 4.78 is 0. The Kier molecular flexibility index (Phi) is 4.15. The van der Waals surface area contributed by atoms with Gasteiger partial charge >= 0.3 is 0 Å². The highest BCUT2D eigenvalue weighted by Gasteiger charge is 2.18. The molecule has 2 aromatic heterocycles. The SMILES string of the molecule is Cc1ccnc(C[C@@H](C)N(C)C(=O)c2ccc3[nH]ccc3c2)c1. The van der Waals surface area contributed by atoms with E-state index in [9.17, 15) is 4.79 Å². The van der Waals surface area contributed by atoms with Crippen molar-refractivity contribution in [3.05, 3.63) is 65.6 Å². The van der Waals surface area contributed by atoms with Gasteiger partial charge in [-0.1, -0.05) is 0 Å². The van der Waals surface area contributed by atoms with E-state index in [0.717, 1.165) is 23.0 Å². The Hall–Kier alpha value is -2.62. The number of nitrogens with one attached hydrogen (secondary N) is 1. The van der Waals surface area contributed by atoms with Crippen LogP contribution in [0.3, 0.4) is 0 Å². The van der Waals surface area contributed by atoms with Gasteiger partial charge in [-0.15, -0.1) is 0 Å². The van der Waals surface area contributed by atoms with Crippen LogP contribution in [0.15, 0.2) is 48.8 Å². The molecule has 0 aliphatic rings. The molecule has 4 nitrogen and oxygen atoms in total. The van der Waals surface area contributed by atoms with E-state index in [4.69, 9.17) is 0 Å². The summed E-state index contributed by atoms with van der Waals surface area (Å²) >= 11 is 0. The van der Waals surface area contributed by atoms with Crippen LogP contribution in [0.5, 0.6) is 0 Å². The molecule has 0 spiro atoms. The van der Waals surface area contributed by atoms with E-state index in [1.807, 2.05) is 49.8 Å². The summed E-state index contributed by atoms with van der Waals surface area (Å²) in [7, 11) is 1.85. The van der Waals surface area contributed by atoms with Crippen LogP contribution < -0.4 is 0 Å². The van der Waals surface area contributed by atoms with Crippen LogP contribution in [0.4, 0.5) is 0 Å². The molecule has 118 valence electrons. The topological polar surface area (TPSA) is 49.0 Å². The molecule has 0 bridgehead atoms. The van der Waals surface area contributed by atoms with E-state index < -0.39 is 0 Å². The van der Waals surface area contributed by atoms with E-state index in [2.05, 4.69) is 29.9 Å². The highest BCUT2D eigenvalue weighted by atomic mass is 16.2. The molecule has 0 aliphatic heterocycles. The Balaban J connectivity index is 1.75. The number of aryl methyl sites for hydroxylation is 1. The van der Waals surface area contributed by atoms with Crippen LogP contribution >= 0.6 is 0 Å². The Morgan fingerprint density at radius 1 is 1.26 bits per heavy atom. The number of carbonyl (C=O) groups excluding carboxylic acids is 1. The average Bonchev–Trinajstić information content (AvgIpc) is 3.01. The molecular formula is C19H21N3O. The van der Waals surface area contributed by atoms with Crippen molar-refractivity contribution >= 4 is 16.8 Å². The third-order valence-corrected chi connectivity index (χ3v) is 4.26. The standard InChI is InChI=1S/C19H21N3O/c1-13-6-8-20-17(10-13)11-14(2)22(3)19(23)16-4-5-18-15(12-16)7-9-21-18/h4-10,12,14,21H,11H2,1-3H3/t14-/m1/s1. The van der Waals surface area contributed by atoms with Crippen LogP contribution in [0.25, 0.3) is 10.9 Å². The van der Waals surface area contributed by atoms with Crippen LogP contribution in [0.1, 0.15) is 28.5 Å². The van der Waals surface area contributed by atoms with Crippen molar-refractivity contribution in [3.63, 3.8) is 0 Å². The lowest BCUT2D eigenvalue weighted by Gasteiger charge is -2.25. The van der Waals surface area contributed by atoms with Crippen molar-refractivity contribution in [2.45, 2.75) is 26.3 Å². The Morgan fingerprint density at radius 2 is 2.09 bits per heavy atom. The van der Waals surface area contributed by atoms with Gasteiger partial charge in [0.15, 0.2) is 0 Å². The Labute approximate surface area is 136 Å². The molecule has 0 fully saturated rings. The van der Waals surface area contributed by atoms with Crippen molar-refractivity contribution in [2.24, 2.45) is 0 Å². The zero-order valence-corrected chi connectivity index (χ0v) is 13.7. The van der Waals surface area contributed by atoms with Gasteiger partial charge in [0.1, 0.15) is 0 Å². The normalized spacial score (nSPS) is 12.3. The lowest BCUT2D eigenvalue weighted by atomic mass is 10.1. The highest BCUT2D eigenvalue weighted by molar-refractivity contribution is 5.98. The molecule has 1 aromatic carbocycles. The smallest absolute Gasteiger partial charge is 0.253 e. The number of nitrogens with zero attached hydrogens (tertiary/aromatic N) is 2. The van der Waals surface area contributed by atoms with Crippen LogP contribution in [-0.4, -0.2) is 33.9 Å². The number of rotatable bonds is 4. The minimum Gasteiger partial charge on any atom is -0.361 e. The fourth-order valence-electron chi connectivity index (χ4n) is 2.74. The lowest BCUT2D eigenvalue weighted by Crippen LogP contribution is -2.36. The van der Waals surface area contributed by atoms with E-state index in [1.54, 1.807) is 4.90 Å². The lowest BCUT2D eigenvalue weighted by molar-refractivity contribution is 0.0743. The summed E-state index contributed by atoms with van der Waals surface area (Å²) in [4.78, 5) is 22.0. The second kappa shape index (κ2) is 6.24. The molecule has 3 rings (SSSR count). The zero-order chi connectivity index (χ0) is 16.4. The number of pyridine rings is 1. The maximum Gasteiger partial charge on any atom is 0.253 e. The molecule has 0 saturated carbocycles. The van der Waals surface area contributed by atoms with Crippen LogP contribution in [0.2, 0.25) is 0 Å².